The van der Waals surface area contributed by atoms with E-state index in [0.29, 0.717) is 11.5 Å². The Labute approximate surface area is 285 Å². The summed E-state index contributed by atoms with van der Waals surface area (Å²) in [7, 11) is -4.41. The smallest absolute Gasteiger partial charge is 0.261 e. The van der Waals surface area contributed by atoms with Gasteiger partial charge < -0.3 is 5.32 Å². The maximum atomic E-state index is 14.3. The van der Waals surface area contributed by atoms with E-state index in [-0.39, 0.29) is 11.3 Å². The predicted molar refractivity (Wildman–Crippen MR) is 190 cm³/mol. The van der Waals surface area contributed by atoms with Crippen LogP contribution in [0.3, 0.4) is 0 Å². The summed E-state index contributed by atoms with van der Waals surface area (Å²) in [6, 6.07) is 42.4. The average molecular weight is 680 g/mol. The van der Waals surface area contributed by atoms with Gasteiger partial charge >= 0.3 is 0 Å². The molecule has 0 aliphatic rings. The van der Waals surface area contributed by atoms with E-state index in [2.05, 4.69) is 5.32 Å². The van der Waals surface area contributed by atoms with E-state index in [1.54, 1.807) is 17.6 Å². The fraction of sp³-hybridized carbons (Fsp3) is 0.158. The van der Waals surface area contributed by atoms with Crippen molar-refractivity contribution in [1.82, 2.24) is 15.1 Å². The van der Waals surface area contributed by atoms with Gasteiger partial charge in [0.25, 0.3) is 5.91 Å². The number of amides is 2. The van der Waals surface area contributed by atoms with E-state index in [1.807, 2.05) is 121 Å². The van der Waals surface area contributed by atoms with Crippen LogP contribution in [0.2, 0.25) is 0 Å². The number of hydroxylamine groups is 1. The topological polar surface area (TPSA) is 116 Å². The summed E-state index contributed by atoms with van der Waals surface area (Å²) in [5.41, 5.74) is 6.07. The molecule has 0 aliphatic carbocycles. The number of nitrogens with zero attached hydrogens (tertiary/aromatic N) is 1. The minimum atomic E-state index is -4.41. The highest BCUT2D eigenvalue weighted by atomic mass is 32.2. The van der Waals surface area contributed by atoms with Crippen molar-refractivity contribution in [2.75, 3.05) is 12.3 Å². The summed E-state index contributed by atoms with van der Waals surface area (Å²) in [6.07, 6.45) is 0.0549. The maximum Gasteiger partial charge on any atom is 0.261 e. The van der Waals surface area contributed by atoms with Gasteiger partial charge in [0.05, 0.1) is 17.5 Å². The summed E-state index contributed by atoms with van der Waals surface area (Å²) in [6.45, 7) is -0.652. The van der Waals surface area contributed by atoms with Gasteiger partial charge in [-0.25, -0.2) is 13.9 Å². The first-order valence-corrected chi connectivity index (χ1v) is 18.1. The van der Waals surface area contributed by atoms with Gasteiger partial charge in [-0.05, 0) is 52.1 Å². The van der Waals surface area contributed by atoms with Gasteiger partial charge in [-0.1, -0.05) is 133 Å². The number of hydrogen-bond acceptors (Lipinski definition) is 6. The molecule has 1 unspecified atom stereocenters. The minimum absolute atomic E-state index is 0.0549. The third-order valence-electron chi connectivity index (χ3n) is 7.85. The van der Waals surface area contributed by atoms with Crippen molar-refractivity contribution in [3.05, 3.63) is 162 Å². The van der Waals surface area contributed by atoms with Crippen molar-refractivity contribution >= 4 is 33.6 Å². The second kappa shape index (κ2) is 16.9. The molecule has 1 atom stereocenters. The van der Waals surface area contributed by atoms with Crippen LogP contribution in [-0.4, -0.2) is 48.1 Å². The standard InChI is InChI=1S/C38H37N3O5S2/c42-36(39-37(32-17-9-3-10-18-32)33-19-11-4-12-20-33)27-41(35(38(43)40-44)25-26-47-28-29-13-5-1-6-14-29)48(45,46)34-23-21-31(22-24-34)30-15-7-2-8-16-30/h1-24,35,37,44H,25-28H2,(H,39,42)(H,40,43). The first-order chi connectivity index (χ1) is 23.4. The number of sulfonamides is 1. The van der Waals surface area contributed by atoms with Crippen LogP contribution in [0.25, 0.3) is 11.1 Å². The molecule has 48 heavy (non-hydrogen) atoms. The number of thioether (sulfide) groups is 1. The molecule has 0 saturated carbocycles. The molecule has 5 aromatic carbocycles. The van der Waals surface area contributed by atoms with Crippen molar-refractivity contribution < 1.29 is 23.2 Å². The molecular formula is C38H37N3O5S2. The molecule has 0 aliphatic heterocycles. The number of carbonyl (C=O) groups excluding carboxylic acids is 2. The molecule has 8 nitrogen and oxygen atoms in total. The number of benzene rings is 5. The van der Waals surface area contributed by atoms with Crippen LogP contribution in [0.5, 0.6) is 0 Å². The zero-order valence-corrected chi connectivity index (χ0v) is 27.8. The van der Waals surface area contributed by atoms with Gasteiger partial charge in [-0.15, -0.1) is 0 Å². The van der Waals surface area contributed by atoms with Crippen LogP contribution < -0.4 is 10.8 Å². The lowest BCUT2D eigenvalue weighted by molar-refractivity contribution is -0.134. The highest BCUT2D eigenvalue weighted by Crippen LogP contribution is 2.27. The normalized spacial score (nSPS) is 12.1. The van der Waals surface area contributed by atoms with E-state index in [9.17, 15) is 23.2 Å². The Morgan fingerprint density at radius 2 is 1.19 bits per heavy atom. The van der Waals surface area contributed by atoms with Crippen molar-refractivity contribution in [2.45, 2.75) is 29.2 Å². The molecule has 0 radical (unpaired) electrons. The van der Waals surface area contributed by atoms with Gasteiger partial charge in [-0.2, -0.15) is 16.1 Å². The molecule has 3 N–H and O–H groups in total. The zero-order chi connectivity index (χ0) is 33.8. The summed E-state index contributed by atoms with van der Waals surface area (Å²) >= 11 is 1.53. The Morgan fingerprint density at radius 1 is 0.688 bits per heavy atom. The Bertz CT molecular complexity index is 1820. The molecule has 5 rings (SSSR count). The van der Waals surface area contributed by atoms with Crippen LogP contribution in [0.1, 0.15) is 29.2 Å². The molecule has 0 saturated heterocycles. The number of nitrogens with one attached hydrogen (secondary N) is 2. The van der Waals surface area contributed by atoms with Gasteiger partial charge in [0.1, 0.15) is 6.04 Å². The SMILES string of the molecule is O=C(CN(C(CCSCc1ccccc1)C(=O)NO)S(=O)(=O)c1ccc(-c2ccccc2)cc1)NC(c1ccccc1)c1ccccc1. The first kappa shape index (κ1) is 34.6. The lowest BCUT2D eigenvalue weighted by atomic mass is 9.99. The summed E-state index contributed by atoms with van der Waals surface area (Å²) in [4.78, 5) is 26.9. The van der Waals surface area contributed by atoms with Gasteiger partial charge in [0.15, 0.2) is 0 Å². The van der Waals surface area contributed by atoms with Crippen molar-refractivity contribution in [3.8, 4) is 11.1 Å². The maximum absolute atomic E-state index is 14.3. The monoisotopic (exact) mass is 679 g/mol. The van der Waals surface area contributed by atoms with Crippen molar-refractivity contribution in [3.63, 3.8) is 0 Å². The van der Waals surface area contributed by atoms with Crippen LogP contribution in [0.4, 0.5) is 0 Å². The Kier molecular flexibility index (Phi) is 12.2. The molecule has 2 amide bonds. The fourth-order valence-electron chi connectivity index (χ4n) is 5.39. The second-order valence-electron chi connectivity index (χ2n) is 11.1. The third-order valence-corrected chi connectivity index (χ3v) is 10.8. The zero-order valence-electron chi connectivity index (χ0n) is 26.2. The molecule has 246 valence electrons. The molecular weight excluding hydrogens is 643 g/mol. The predicted octanol–water partition coefficient (Wildman–Crippen LogP) is 6.45. The second-order valence-corrected chi connectivity index (χ2v) is 14.1. The van der Waals surface area contributed by atoms with Gasteiger partial charge in [0.2, 0.25) is 15.9 Å². The largest absolute Gasteiger partial charge is 0.344 e. The van der Waals surface area contributed by atoms with E-state index in [4.69, 9.17) is 0 Å². The molecule has 0 heterocycles. The molecule has 10 heteroatoms. The Balaban J connectivity index is 1.44. The van der Waals surface area contributed by atoms with Gasteiger partial charge in [-0.3, -0.25) is 14.8 Å². The number of carbonyl (C=O) groups is 2. The van der Waals surface area contributed by atoms with Crippen LogP contribution in [0.15, 0.2) is 150 Å². The minimum Gasteiger partial charge on any atom is -0.344 e. The van der Waals surface area contributed by atoms with E-state index < -0.39 is 40.5 Å². The fourth-order valence-corrected chi connectivity index (χ4v) is 7.92. The van der Waals surface area contributed by atoms with Gasteiger partial charge in [0, 0.05) is 5.75 Å². The summed E-state index contributed by atoms with van der Waals surface area (Å²) in [5.74, 6) is -0.483. The third kappa shape index (κ3) is 8.99. The van der Waals surface area contributed by atoms with E-state index >= 15 is 0 Å². The Morgan fingerprint density at radius 3 is 1.73 bits per heavy atom. The highest BCUT2D eigenvalue weighted by molar-refractivity contribution is 7.98. The lowest BCUT2D eigenvalue weighted by Crippen LogP contribution is -2.52. The van der Waals surface area contributed by atoms with Crippen molar-refractivity contribution in [1.29, 1.82) is 0 Å². The number of hydrogen-bond donors (Lipinski definition) is 3. The van der Waals surface area contributed by atoms with Crippen LogP contribution in [0, 0.1) is 0 Å². The van der Waals surface area contributed by atoms with E-state index in [1.165, 1.54) is 23.9 Å². The molecule has 0 spiro atoms. The average Bonchev–Trinajstić information content (AvgIpc) is 3.14. The highest BCUT2D eigenvalue weighted by Gasteiger charge is 2.37. The molecule has 0 fully saturated rings. The molecule has 0 bridgehead atoms. The molecule has 0 aromatic heterocycles. The number of rotatable bonds is 15. The summed E-state index contributed by atoms with van der Waals surface area (Å²) in [5, 5.41) is 12.7. The lowest BCUT2D eigenvalue weighted by Gasteiger charge is -2.30. The molecule has 5 aromatic rings. The van der Waals surface area contributed by atoms with Crippen LogP contribution >= 0.6 is 11.8 Å². The summed E-state index contributed by atoms with van der Waals surface area (Å²) < 4.78 is 29.6. The Hall–Kier alpha value is -4.74. The van der Waals surface area contributed by atoms with Crippen molar-refractivity contribution in [2.24, 2.45) is 0 Å². The van der Waals surface area contributed by atoms with E-state index in [0.717, 1.165) is 32.1 Å². The van der Waals surface area contributed by atoms with Crippen LogP contribution in [-0.2, 0) is 25.4 Å². The first-order valence-electron chi connectivity index (χ1n) is 15.5. The quantitative estimate of drug-likeness (QED) is 0.0666.